The highest BCUT2D eigenvalue weighted by atomic mass is 32.2. The number of fused-ring (bicyclic) bond motifs is 1. The molecule has 5 heteroatoms. The second-order valence-corrected chi connectivity index (χ2v) is 7.27. The van der Waals surface area contributed by atoms with Crippen LogP contribution in [0.1, 0.15) is 11.5 Å². The molecule has 2 N–H and O–H groups in total. The van der Waals surface area contributed by atoms with Crippen LogP contribution >= 0.6 is 11.8 Å². The van der Waals surface area contributed by atoms with Gasteiger partial charge in [0.2, 0.25) is 0 Å². The standard InChI is InChI=1S/C15H14FNOS2/c16-11-5-6-13(17)15(7-11)20(18)9-10-8-19-14-4-2-1-3-12(10)14/h1-7,10H,8-9,17H2. The molecule has 0 saturated carbocycles. The van der Waals surface area contributed by atoms with E-state index in [0.29, 0.717) is 16.3 Å². The maximum Gasteiger partial charge on any atom is 0.124 e. The van der Waals surface area contributed by atoms with E-state index in [2.05, 4.69) is 12.1 Å². The zero-order valence-corrected chi connectivity index (χ0v) is 12.3. The summed E-state index contributed by atoms with van der Waals surface area (Å²) < 4.78 is 25.7. The number of anilines is 1. The minimum atomic E-state index is -1.28. The summed E-state index contributed by atoms with van der Waals surface area (Å²) in [5.74, 6) is 1.24. The highest BCUT2D eigenvalue weighted by Gasteiger charge is 2.25. The number of hydrogen-bond acceptors (Lipinski definition) is 3. The molecular formula is C15H14FNOS2. The third-order valence-electron chi connectivity index (χ3n) is 3.37. The lowest BCUT2D eigenvalue weighted by molar-refractivity contribution is 0.623. The van der Waals surface area contributed by atoms with Crippen molar-refractivity contribution in [3.05, 3.63) is 53.8 Å². The van der Waals surface area contributed by atoms with E-state index in [1.165, 1.54) is 28.7 Å². The van der Waals surface area contributed by atoms with Crippen molar-refractivity contribution >= 4 is 28.2 Å². The molecule has 3 rings (SSSR count). The summed E-state index contributed by atoms with van der Waals surface area (Å²) in [4.78, 5) is 1.65. The third kappa shape index (κ3) is 2.60. The number of benzene rings is 2. The van der Waals surface area contributed by atoms with Crippen molar-refractivity contribution in [3.8, 4) is 0 Å². The normalized spacial score (nSPS) is 18.8. The predicted octanol–water partition coefficient (Wildman–Crippen LogP) is 3.41. The summed E-state index contributed by atoms with van der Waals surface area (Å²) in [7, 11) is -1.28. The van der Waals surface area contributed by atoms with Gasteiger partial charge >= 0.3 is 0 Å². The molecule has 0 radical (unpaired) electrons. The van der Waals surface area contributed by atoms with Crippen molar-refractivity contribution in [2.45, 2.75) is 15.7 Å². The fourth-order valence-corrected chi connectivity index (χ4v) is 5.17. The number of rotatable bonds is 3. The molecule has 0 saturated heterocycles. The predicted molar refractivity (Wildman–Crippen MR) is 82.0 cm³/mol. The van der Waals surface area contributed by atoms with Crippen molar-refractivity contribution in [2.24, 2.45) is 0 Å². The van der Waals surface area contributed by atoms with Crippen LogP contribution in [0.4, 0.5) is 10.1 Å². The lowest BCUT2D eigenvalue weighted by Crippen LogP contribution is -2.11. The highest BCUT2D eigenvalue weighted by Crippen LogP contribution is 2.40. The lowest BCUT2D eigenvalue weighted by atomic mass is 10.0. The molecule has 2 aromatic carbocycles. The highest BCUT2D eigenvalue weighted by molar-refractivity contribution is 7.99. The van der Waals surface area contributed by atoms with E-state index < -0.39 is 16.6 Å². The Hall–Kier alpha value is -1.33. The van der Waals surface area contributed by atoms with Crippen molar-refractivity contribution in [1.82, 2.24) is 0 Å². The Labute approximate surface area is 124 Å². The number of halogens is 1. The van der Waals surface area contributed by atoms with Gasteiger partial charge in [-0.15, -0.1) is 11.8 Å². The molecule has 0 bridgehead atoms. The maximum absolute atomic E-state index is 13.3. The summed E-state index contributed by atoms with van der Waals surface area (Å²) in [5.41, 5.74) is 7.42. The molecule has 0 aromatic heterocycles. The van der Waals surface area contributed by atoms with Gasteiger partial charge in [0.1, 0.15) is 5.82 Å². The molecule has 1 aliphatic rings. The lowest BCUT2D eigenvalue weighted by Gasteiger charge is -2.11. The van der Waals surface area contributed by atoms with Gasteiger partial charge in [-0.1, -0.05) is 18.2 Å². The fraction of sp³-hybridized carbons (Fsp3) is 0.200. The van der Waals surface area contributed by atoms with E-state index in [-0.39, 0.29) is 5.92 Å². The van der Waals surface area contributed by atoms with Crippen LogP contribution in [0.2, 0.25) is 0 Å². The first-order valence-corrected chi connectivity index (χ1v) is 8.61. The Kier molecular flexibility index (Phi) is 3.81. The van der Waals surface area contributed by atoms with Gasteiger partial charge < -0.3 is 5.73 Å². The summed E-state index contributed by atoms with van der Waals surface area (Å²) in [5, 5.41) is 0. The largest absolute Gasteiger partial charge is 0.398 e. The van der Waals surface area contributed by atoms with Crippen LogP contribution in [0.15, 0.2) is 52.3 Å². The van der Waals surface area contributed by atoms with Gasteiger partial charge in [-0.2, -0.15) is 0 Å². The molecular weight excluding hydrogens is 293 g/mol. The summed E-state index contributed by atoms with van der Waals surface area (Å²) in [6.45, 7) is 0. The van der Waals surface area contributed by atoms with E-state index >= 15 is 0 Å². The first-order chi connectivity index (χ1) is 9.65. The van der Waals surface area contributed by atoms with E-state index in [1.807, 2.05) is 12.1 Å². The van der Waals surface area contributed by atoms with E-state index in [1.54, 1.807) is 11.8 Å². The maximum atomic E-state index is 13.3. The Morgan fingerprint density at radius 3 is 2.95 bits per heavy atom. The molecule has 1 aliphatic heterocycles. The van der Waals surface area contributed by atoms with Gasteiger partial charge in [-0.3, -0.25) is 4.21 Å². The van der Waals surface area contributed by atoms with Crippen LogP contribution in [-0.4, -0.2) is 15.7 Å². The van der Waals surface area contributed by atoms with Crippen molar-refractivity contribution in [1.29, 1.82) is 0 Å². The topological polar surface area (TPSA) is 43.1 Å². The van der Waals surface area contributed by atoms with E-state index in [0.717, 1.165) is 5.75 Å². The van der Waals surface area contributed by atoms with Crippen molar-refractivity contribution in [2.75, 3.05) is 17.2 Å². The van der Waals surface area contributed by atoms with Crippen LogP contribution in [0.3, 0.4) is 0 Å². The Morgan fingerprint density at radius 2 is 2.10 bits per heavy atom. The number of nitrogen functional groups attached to an aromatic ring is 1. The summed E-state index contributed by atoms with van der Waals surface area (Å²) in [6, 6.07) is 12.2. The third-order valence-corrected chi connectivity index (χ3v) is 6.17. The van der Waals surface area contributed by atoms with Gasteiger partial charge in [-0.25, -0.2) is 4.39 Å². The minimum Gasteiger partial charge on any atom is -0.398 e. The first-order valence-electron chi connectivity index (χ1n) is 6.30. The molecule has 2 aromatic rings. The molecule has 0 amide bonds. The average Bonchev–Trinajstić information content (AvgIpc) is 2.85. The average molecular weight is 307 g/mol. The van der Waals surface area contributed by atoms with E-state index in [9.17, 15) is 8.60 Å². The Balaban J connectivity index is 1.82. The zero-order chi connectivity index (χ0) is 14.1. The molecule has 2 nitrogen and oxygen atoms in total. The second kappa shape index (κ2) is 5.58. The fourth-order valence-electron chi connectivity index (χ4n) is 2.35. The van der Waals surface area contributed by atoms with Crippen molar-refractivity contribution < 1.29 is 8.60 Å². The minimum absolute atomic E-state index is 0.236. The first kappa shape index (κ1) is 13.6. The number of nitrogens with two attached hydrogens (primary N) is 1. The monoisotopic (exact) mass is 307 g/mol. The molecule has 0 spiro atoms. The summed E-state index contributed by atoms with van der Waals surface area (Å²) >= 11 is 1.78. The molecule has 20 heavy (non-hydrogen) atoms. The van der Waals surface area contributed by atoms with Crippen LogP contribution in [-0.2, 0) is 10.8 Å². The molecule has 2 unspecified atom stereocenters. The summed E-state index contributed by atoms with van der Waals surface area (Å²) in [6.07, 6.45) is 0. The Bertz CT molecular complexity index is 675. The molecule has 0 fully saturated rings. The number of hydrogen-bond donors (Lipinski definition) is 1. The van der Waals surface area contributed by atoms with Gasteiger partial charge in [0.05, 0.1) is 15.7 Å². The zero-order valence-electron chi connectivity index (χ0n) is 10.7. The van der Waals surface area contributed by atoms with Crippen LogP contribution in [0, 0.1) is 5.82 Å². The molecule has 0 aliphatic carbocycles. The second-order valence-electron chi connectivity index (χ2n) is 4.74. The van der Waals surface area contributed by atoms with Crippen LogP contribution < -0.4 is 5.73 Å². The number of thioether (sulfide) groups is 1. The molecule has 2 atom stereocenters. The van der Waals surface area contributed by atoms with Gasteiger partial charge in [0, 0.05) is 28.0 Å². The molecule has 1 heterocycles. The van der Waals surface area contributed by atoms with Crippen LogP contribution in [0.5, 0.6) is 0 Å². The molecule has 104 valence electrons. The van der Waals surface area contributed by atoms with Gasteiger partial charge in [0.25, 0.3) is 0 Å². The SMILES string of the molecule is Nc1ccc(F)cc1S(=O)CC1CSc2ccccc21. The van der Waals surface area contributed by atoms with Gasteiger partial charge in [-0.05, 0) is 29.8 Å². The van der Waals surface area contributed by atoms with E-state index in [4.69, 9.17) is 5.73 Å². The van der Waals surface area contributed by atoms with Crippen molar-refractivity contribution in [3.63, 3.8) is 0 Å². The smallest absolute Gasteiger partial charge is 0.124 e. The van der Waals surface area contributed by atoms with Gasteiger partial charge in [0.15, 0.2) is 0 Å². The quantitative estimate of drug-likeness (QED) is 0.884. The Morgan fingerprint density at radius 1 is 1.30 bits per heavy atom. The van der Waals surface area contributed by atoms with Crippen LogP contribution in [0.25, 0.3) is 0 Å².